The van der Waals surface area contributed by atoms with Gasteiger partial charge in [-0.1, -0.05) is 53.0 Å². The second kappa shape index (κ2) is 8.47. The average molecular weight is 389 g/mol. The van der Waals surface area contributed by atoms with Crippen molar-refractivity contribution < 1.29 is 14.3 Å². The first kappa shape index (κ1) is 18.7. The summed E-state index contributed by atoms with van der Waals surface area (Å²) in [4.78, 5) is 12.1. The van der Waals surface area contributed by atoms with Crippen molar-refractivity contribution in [3.63, 3.8) is 0 Å². The zero-order valence-corrected chi connectivity index (χ0v) is 15.4. The predicted octanol–water partition coefficient (Wildman–Crippen LogP) is 4.91. The lowest BCUT2D eigenvalue weighted by Crippen LogP contribution is -2.31. The quantitative estimate of drug-likeness (QED) is 0.715. The van der Waals surface area contributed by atoms with Gasteiger partial charge in [-0.25, -0.2) is 0 Å². The van der Waals surface area contributed by atoms with Crippen LogP contribution in [0.5, 0.6) is 11.5 Å². The maximum atomic E-state index is 12.1. The summed E-state index contributed by atoms with van der Waals surface area (Å²) in [6.07, 6.45) is 0. The summed E-state index contributed by atoms with van der Waals surface area (Å²) in [6, 6.07) is 10.2. The van der Waals surface area contributed by atoms with Crippen molar-refractivity contribution in [1.29, 1.82) is 0 Å². The van der Waals surface area contributed by atoms with Crippen LogP contribution in [0.15, 0.2) is 36.4 Å². The molecule has 0 spiro atoms. The number of methoxy groups -OCH3 is 1. The van der Waals surface area contributed by atoms with E-state index in [1.807, 2.05) is 31.2 Å². The molecule has 0 fully saturated rings. The minimum atomic E-state index is -0.296. The van der Waals surface area contributed by atoms with Gasteiger partial charge in [0.05, 0.1) is 28.2 Å². The topological polar surface area (TPSA) is 47.6 Å². The Labute approximate surface area is 155 Å². The van der Waals surface area contributed by atoms with Crippen LogP contribution in [0.25, 0.3) is 0 Å². The molecule has 0 aliphatic carbocycles. The lowest BCUT2D eigenvalue weighted by Gasteiger charge is -2.17. The molecule has 7 heteroatoms. The van der Waals surface area contributed by atoms with E-state index in [1.165, 1.54) is 12.1 Å². The number of rotatable bonds is 6. The number of hydrogen-bond donors (Lipinski definition) is 1. The molecule has 4 nitrogen and oxygen atoms in total. The summed E-state index contributed by atoms with van der Waals surface area (Å²) in [7, 11) is 1.59. The number of para-hydroxylation sites is 1. The molecule has 0 bridgehead atoms. The third-order valence-corrected chi connectivity index (χ3v) is 4.33. The van der Waals surface area contributed by atoms with Crippen LogP contribution >= 0.6 is 34.8 Å². The fourth-order valence-corrected chi connectivity index (χ4v) is 2.73. The van der Waals surface area contributed by atoms with Gasteiger partial charge in [0, 0.05) is 11.6 Å². The molecule has 0 saturated carbocycles. The monoisotopic (exact) mass is 387 g/mol. The fraction of sp³-hybridized carbons (Fsp3) is 0.235. The van der Waals surface area contributed by atoms with Crippen LogP contribution in [0.4, 0.5) is 0 Å². The second-order valence-corrected chi connectivity index (χ2v) is 6.24. The standard InChI is InChI=1S/C17H16Cl3NO3/c1-10(11-5-3-4-6-15(11)23-2)21-17(22)9-24-16-8-13(19)12(18)7-14(16)20/h3-8,10H,9H2,1-2H3,(H,21,22)/t10-/m1/s1. The van der Waals surface area contributed by atoms with Crippen LogP contribution in [0, 0.1) is 0 Å². The Hall–Kier alpha value is -1.62. The Bertz CT molecular complexity index is 737. The Kier molecular flexibility index (Phi) is 6.60. The highest BCUT2D eigenvalue weighted by atomic mass is 35.5. The van der Waals surface area contributed by atoms with Crippen molar-refractivity contribution in [3.8, 4) is 11.5 Å². The number of benzene rings is 2. The van der Waals surface area contributed by atoms with Gasteiger partial charge in [-0.05, 0) is 19.1 Å². The van der Waals surface area contributed by atoms with Gasteiger partial charge in [0.15, 0.2) is 6.61 Å². The van der Waals surface area contributed by atoms with E-state index in [4.69, 9.17) is 44.3 Å². The molecule has 1 amide bonds. The lowest BCUT2D eigenvalue weighted by atomic mass is 10.1. The maximum Gasteiger partial charge on any atom is 0.258 e. The van der Waals surface area contributed by atoms with Crippen molar-refractivity contribution >= 4 is 40.7 Å². The number of carbonyl (C=O) groups excluding carboxylic acids is 1. The van der Waals surface area contributed by atoms with E-state index < -0.39 is 0 Å². The first-order valence-corrected chi connectivity index (χ1v) is 8.25. The summed E-state index contributed by atoms with van der Waals surface area (Å²) in [6.45, 7) is 1.67. The van der Waals surface area contributed by atoms with E-state index in [9.17, 15) is 4.79 Å². The highest BCUT2D eigenvalue weighted by molar-refractivity contribution is 6.43. The van der Waals surface area contributed by atoms with E-state index in [1.54, 1.807) is 7.11 Å². The SMILES string of the molecule is COc1ccccc1[C@@H](C)NC(=O)COc1cc(Cl)c(Cl)cc1Cl. The van der Waals surface area contributed by atoms with Gasteiger partial charge in [-0.3, -0.25) is 4.79 Å². The zero-order valence-electron chi connectivity index (χ0n) is 13.1. The zero-order chi connectivity index (χ0) is 17.7. The molecule has 2 aromatic rings. The first-order valence-electron chi connectivity index (χ1n) is 7.12. The average Bonchev–Trinajstić information content (AvgIpc) is 2.56. The molecule has 128 valence electrons. The van der Waals surface area contributed by atoms with Gasteiger partial charge in [0.25, 0.3) is 5.91 Å². The highest BCUT2D eigenvalue weighted by Gasteiger charge is 2.15. The van der Waals surface area contributed by atoms with E-state index in [0.717, 1.165) is 5.56 Å². The smallest absolute Gasteiger partial charge is 0.258 e. The molecular weight excluding hydrogens is 373 g/mol. The largest absolute Gasteiger partial charge is 0.496 e. The molecule has 1 atom stereocenters. The van der Waals surface area contributed by atoms with Gasteiger partial charge in [0.1, 0.15) is 11.5 Å². The van der Waals surface area contributed by atoms with E-state index in [0.29, 0.717) is 21.5 Å². The molecule has 1 N–H and O–H groups in total. The van der Waals surface area contributed by atoms with Gasteiger partial charge >= 0.3 is 0 Å². The molecule has 0 aliphatic rings. The fourth-order valence-electron chi connectivity index (χ4n) is 2.14. The lowest BCUT2D eigenvalue weighted by molar-refractivity contribution is -0.123. The first-order chi connectivity index (χ1) is 11.4. The second-order valence-electron chi connectivity index (χ2n) is 5.02. The molecule has 0 unspecified atom stereocenters. The number of ether oxygens (including phenoxy) is 2. The van der Waals surface area contributed by atoms with Crippen molar-refractivity contribution in [1.82, 2.24) is 5.32 Å². The van der Waals surface area contributed by atoms with E-state index in [-0.39, 0.29) is 23.6 Å². The third kappa shape index (κ3) is 4.69. The van der Waals surface area contributed by atoms with Crippen molar-refractivity contribution in [2.24, 2.45) is 0 Å². The molecule has 0 aromatic heterocycles. The van der Waals surface area contributed by atoms with Crippen molar-refractivity contribution in [2.45, 2.75) is 13.0 Å². The Morgan fingerprint density at radius 3 is 2.46 bits per heavy atom. The minimum absolute atomic E-state index is 0.197. The van der Waals surface area contributed by atoms with Crippen LogP contribution in [0.2, 0.25) is 15.1 Å². The molecule has 2 aromatic carbocycles. The van der Waals surface area contributed by atoms with Crippen molar-refractivity contribution in [3.05, 3.63) is 57.0 Å². The van der Waals surface area contributed by atoms with Gasteiger partial charge in [0.2, 0.25) is 0 Å². The highest BCUT2D eigenvalue weighted by Crippen LogP contribution is 2.33. The number of carbonyl (C=O) groups is 1. The van der Waals surface area contributed by atoms with Gasteiger partial charge in [-0.15, -0.1) is 0 Å². The van der Waals surface area contributed by atoms with Gasteiger partial charge in [-0.2, -0.15) is 0 Å². The number of nitrogens with one attached hydrogen (secondary N) is 1. The third-order valence-electron chi connectivity index (χ3n) is 3.32. The Balaban J connectivity index is 1.97. The summed E-state index contributed by atoms with van der Waals surface area (Å²) in [5.74, 6) is 0.709. The van der Waals surface area contributed by atoms with Crippen LogP contribution in [-0.2, 0) is 4.79 Å². The van der Waals surface area contributed by atoms with Crippen LogP contribution in [-0.4, -0.2) is 19.6 Å². The number of halogens is 3. The number of hydrogen-bond acceptors (Lipinski definition) is 3. The maximum absolute atomic E-state index is 12.1. The summed E-state index contributed by atoms with van der Waals surface area (Å²) >= 11 is 17.8. The summed E-state index contributed by atoms with van der Waals surface area (Å²) in [5, 5.41) is 3.75. The van der Waals surface area contributed by atoms with Crippen molar-refractivity contribution in [2.75, 3.05) is 13.7 Å². The van der Waals surface area contributed by atoms with E-state index in [2.05, 4.69) is 5.32 Å². The van der Waals surface area contributed by atoms with E-state index >= 15 is 0 Å². The molecule has 0 heterocycles. The Morgan fingerprint density at radius 2 is 1.75 bits per heavy atom. The van der Waals surface area contributed by atoms with Gasteiger partial charge < -0.3 is 14.8 Å². The summed E-state index contributed by atoms with van der Waals surface area (Å²) < 4.78 is 10.7. The molecule has 24 heavy (non-hydrogen) atoms. The summed E-state index contributed by atoms with van der Waals surface area (Å²) in [5.41, 5.74) is 0.876. The predicted molar refractivity (Wildman–Crippen MR) is 96.5 cm³/mol. The molecule has 0 aliphatic heterocycles. The van der Waals surface area contributed by atoms with Crippen LogP contribution in [0.1, 0.15) is 18.5 Å². The molecule has 0 saturated heterocycles. The number of amides is 1. The Morgan fingerprint density at radius 1 is 1.08 bits per heavy atom. The molecule has 0 radical (unpaired) electrons. The molecule has 2 rings (SSSR count). The minimum Gasteiger partial charge on any atom is -0.496 e. The van der Waals surface area contributed by atoms with Crippen LogP contribution in [0.3, 0.4) is 0 Å². The van der Waals surface area contributed by atoms with Crippen LogP contribution < -0.4 is 14.8 Å². The molecular formula is C17H16Cl3NO3. The normalized spacial score (nSPS) is 11.7.